The molecule has 1 N–H and O–H groups in total. The number of nitrogens with zero attached hydrogens (tertiary/aromatic N) is 1. The molecule has 1 saturated heterocycles. The molecule has 0 spiro atoms. The van der Waals surface area contributed by atoms with E-state index in [-0.39, 0.29) is 24.2 Å². The van der Waals surface area contributed by atoms with Crippen LogP contribution in [0, 0.1) is 19.8 Å². The van der Waals surface area contributed by atoms with Gasteiger partial charge in [0.1, 0.15) is 0 Å². The molecule has 5 heteroatoms. The third-order valence-corrected chi connectivity index (χ3v) is 4.58. The van der Waals surface area contributed by atoms with Crippen LogP contribution in [0.5, 0.6) is 0 Å². The molecule has 0 unspecified atom stereocenters. The van der Waals surface area contributed by atoms with Gasteiger partial charge in [-0.2, -0.15) is 0 Å². The van der Waals surface area contributed by atoms with Gasteiger partial charge in [0.2, 0.25) is 11.8 Å². The molecular formula is C19H19ClN2O2. The lowest BCUT2D eigenvalue weighted by Gasteiger charge is -2.17. The lowest BCUT2D eigenvalue weighted by Crippen LogP contribution is -2.28. The molecule has 124 valence electrons. The van der Waals surface area contributed by atoms with Gasteiger partial charge in [-0.3, -0.25) is 9.59 Å². The third kappa shape index (κ3) is 3.29. The molecular weight excluding hydrogens is 324 g/mol. The van der Waals surface area contributed by atoms with Gasteiger partial charge in [0.15, 0.2) is 0 Å². The fraction of sp³-hybridized carbons (Fsp3) is 0.263. The van der Waals surface area contributed by atoms with E-state index in [4.69, 9.17) is 11.6 Å². The Morgan fingerprint density at radius 1 is 1.17 bits per heavy atom. The highest BCUT2D eigenvalue weighted by atomic mass is 35.5. The number of anilines is 2. The van der Waals surface area contributed by atoms with Crippen molar-refractivity contribution in [1.29, 1.82) is 0 Å². The van der Waals surface area contributed by atoms with Crippen molar-refractivity contribution in [2.24, 2.45) is 5.92 Å². The van der Waals surface area contributed by atoms with E-state index in [2.05, 4.69) is 5.32 Å². The number of hydrogen-bond donors (Lipinski definition) is 1. The van der Waals surface area contributed by atoms with Crippen molar-refractivity contribution in [2.75, 3.05) is 16.8 Å². The number of aryl methyl sites for hydroxylation is 2. The zero-order chi connectivity index (χ0) is 17.3. The molecule has 0 radical (unpaired) electrons. The highest BCUT2D eigenvalue weighted by Crippen LogP contribution is 2.28. The van der Waals surface area contributed by atoms with Crippen molar-refractivity contribution < 1.29 is 9.59 Å². The normalized spacial score (nSPS) is 17.2. The lowest BCUT2D eigenvalue weighted by atomic mass is 10.1. The number of benzene rings is 2. The predicted molar refractivity (Wildman–Crippen MR) is 96.5 cm³/mol. The number of para-hydroxylation sites is 1. The maximum absolute atomic E-state index is 12.6. The van der Waals surface area contributed by atoms with Gasteiger partial charge in [0.05, 0.1) is 5.92 Å². The van der Waals surface area contributed by atoms with Crippen LogP contribution < -0.4 is 10.2 Å². The Bertz CT molecular complexity index is 783. The average molecular weight is 343 g/mol. The molecule has 24 heavy (non-hydrogen) atoms. The first-order valence-corrected chi connectivity index (χ1v) is 8.26. The lowest BCUT2D eigenvalue weighted by molar-refractivity contribution is -0.122. The Morgan fingerprint density at radius 3 is 2.50 bits per heavy atom. The van der Waals surface area contributed by atoms with E-state index in [0.717, 1.165) is 22.5 Å². The zero-order valence-electron chi connectivity index (χ0n) is 13.7. The molecule has 1 aliphatic rings. The van der Waals surface area contributed by atoms with Gasteiger partial charge in [-0.15, -0.1) is 0 Å². The molecule has 1 atom stereocenters. The molecule has 3 rings (SSSR count). The van der Waals surface area contributed by atoms with Crippen LogP contribution in [-0.2, 0) is 9.59 Å². The van der Waals surface area contributed by atoms with Crippen molar-refractivity contribution in [2.45, 2.75) is 20.3 Å². The molecule has 4 nitrogen and oxygen atoms in total. The second kappa shape index (κ2) is 6.65. The Balaban J connectivity index is 1.75. The van der Waals surface area contributed by atoms with E-state index in [9.17, 15) is 9.59 Å². The van der Waals surface area contributed by atoms with Crippen molar-refractivity contribution in [3.05, 3.63) is 58.6 Å². The fourth-order valence-corrected chi connectivity index (χ4v) is 3.20. The van der Waals surface area contributed by atoms with Crippen molar-refractivity contribution in [1.82, 2.24) is 0 Å². The fourth-order valence-electron chi connectivity index (χ4n) is 3.01. The second-order valence-electron chi connectivity index (χ2n) is 6.14. The topological polar surface area (TPSA) is 49.4 Å². The molecule has 2 amide bonds. The molecule has 1 fully saturated rings. The number of nitrogens with one attached hydrogen (secondary N) is 1. The second-order valence-corrected chi connectivity index (χ2v) is 6.58. The van der Waals surface area contributed by atoms with Crippen LogP contribution in [0.2, 0.25) is 5.02 Å². The monoisotopic (exact) mass is 342 g/mol. The highest BCUT2D eigenvalue weighted by molar-refractivity contribution is 6.31. The molecule has 0 aliphatic carbocycles. The van der Waals surface area contributed by atoms with Crippen LogP contribution in [0.1, 0.15) is 17.5 Å². The molecule has 0 saturated carbocycles. The molecule has 0 bridgehead atoms. The Kier molecular flexibility index (Phi) is 4.58. The van der Waals surface area contributed by atoms with Crippen molar-refractivity contribution in [3.63, 3.8) is 0 Å². The van der Waals surface area contributed by atoms with Gasteiger partial charge in [-0.25, -0.2) is 0 Å². The van der Waals surface area contributed by atoms with Crippen LogP contribution in [0.15, 0.2) is 42.5 Å². The first-order valence-electron chi connectivity index (χ1n) is 7.88. The maximum Gasteiger partial charge on any atom is 0.229 e. The minimum atomic E-state index is -0.365. The van der Waals surface area contributed by atoms with E-state index in [1.807, 2.05) is 38.1 Å². The van der Waals surface area contributed by atoms with Gasteiger partial charge < -0.3 is 10.2 Å². The van der Waals surface area contributed by atoms with Crippen LogP contribution in [-0.4, -0.2) is 18.4 Å². The van der Waals surface area contributed by atoms with Gasteiger partial charge in [-0.1, -0.05) is 35.9 Å². The average Bonchev–Trinajstić information content (AvgIpc) is 2.93. The minimum Gasteiger partial charge on any atom is -0.325 e. The first kappa shape index (κ1) is 16.5. The summed E-state index contributed by atoms with van der Waals surface area (Å²) in [6, 6.07) is 13.0. The summed E-state index contributed by atoms with van der Waals surface area (Å²) in [6.07, 6.45) is 0.212. The van der Waals surface area contributed by atoms with Gasteiger partial charge in [0, 0.05) is 29.4 Å². The van der Waals surface area contributed by atoms with Crippen molar-refractivity contribution in [3.8, 4) is 0 Å². The summed E-state index contributed by atoms with van der Waals surface area (Å²) in [5.41, 5.74) is 3.59. The summed E-state index contributed by atoms with van der Waals surface area (Å²) in [5, 5.41) is 3.55. The van der Waals surface area contributed by atoms with Crippen molar-refractivity contribution >= 4 is 34.8 Å². The van der Waals surface area contributed by atoms with E-state index in [1.165, 1.54) is 0 Å². The number of halogens is 1. The summed E-state index contributed by atoms with van der Waals surface area (Å²) >= 11 is 5.99. The summed E-state index contributed by atoms with van der Waals surface area (Å²) in [4.78, 5) is 26.5. The Labute approximate surface area is 146 Å². The van der Waals surface area contributed by atoms with Crippen LogP contribution in [0.25, 0.3) is 0 Å². The number of carbonyl (C=O) groups is 2. The van der Waals surface area contributed by atoms with Crippen LogP contribution in [0.4, 0.5) is 11.4 Å². The zero-order valence-corrected chi connectivity index (χ0v) is 14.4. The SMILES string of the molecule is Cc1cccc(C)c1NC(=O)[C@H]1CC(=O)N(c2cccc(Cl)c2)C1. The number of carbonyl (C=O) groups excluding carboxylic acids is 2. The largest absolute Gasteiger partial charge is 0.325 e. The number of hydrogen-bond acceptors (Lipinski definition) is 2. The third-order valence-electron chi connectivity index (χ3n) is 4.35. The molecule has 0 aromatic heterocycles. The summed E-state index contributed by atoms with van der Waals surface area (Å²) in [6.45, 7) is 4.29. The highest BCUT2D eigenvalue weighted by Gasteiger charge is 2.35. The molecule has 1 heterocycles. The van der Waals surface area contributed by atoms with E-state index >= 15 is 0 Å². The Hall–Kier alpha value is -2.33. The van der Waals surface area contributed by atoms with Gasteiger partial charge in [-0.05, 0) is 43.2 Å². The summed E-state index contributed by atoms with van der Waals surface area (Å²) in [7, 11) is 0. The summed E-state index contributed by atoms with van der Waals surface area (Å²) < 4.78 is 0. The van der Waals surface area contributed by atoms with E-state index < -0.39 is 0 Å². The standard InChI is InChI=1S/C19H19ClN2O2/c1-12-5-3-6-13(2)18(12)21-19(24)14-9-17(23)22(11-14)16-8-4-7-15(20)10-16/h3-8,10,14H,9,11H2,1-2H3,(H,21,24)/t14-/m0/s1. The first-order chi connectivity index (χ1) is 11.5. The maximum atomic E-state index is 12.6. The van der Waals surface area contributed by atoms with E-state index in [0.29, 0.717) is 11.6 Å². The van der Waals surface area contributed by atoms with Gasteiger partial charge >= 0.3 is 0 Å². The van der Waals surface area contributed by atoms with Gasteiger partial charge in [0.25, 0.3) is 0 Å². The smallest absolute Gasteiger partial charge is 0.229 e. The number of amides is 2. The quantitative estimate of drug-likeness (QED) is 0.918. The Morgan fingerprint density at radius 2 is 1.83 bits per heavy atom. The summed E-state index contributed by atoms with van der Waals surface area (Å²) in [5.74, 6) is -0.542. The van der Waals surface area contributed by atoms with E-state index in [1.54, 1.807) is 23.1 Å². The molecule has 2 aromatic rings. The minimum absolute atomic E-state index is 0.0566. The number of rotatable bonds is 3. The predicted octanol–water partition coefficient (Wildman–Crippen LogP) is 3.95. The molecule has 2 aromatic carbocycles. The van der Waals surface area contributed by atoms with Crippen LogP contribution in [0.3, 0.4) is 0 Å². The van der Waals surface area contributed by atoms with Crippen LogP contribution >= 0.6 is 11.6 Å². The molecule has 1 aliphatic heterocycles.